The van der Waals surface area contributed by atoms with Crippen LogP contribution >= 0.6 is 11.6 Å². The molecule has 2 fully saturated rings. The first-order chi connectivity index (χ1) is 15.7. The normalized spacial score (nSPS) is 23.4. The summed E-state index contributed by atoms with van der Waals surface area (Å²) in [6.45, 7) is 3.58. The van der Waals surface area contributed by atoms with Crippen LogP contribution in [0.1, 0.15) is 43.2 Å². The zero-order valence-corrected chi connectivity index (χ0v) is 19.3. The molecule has 1 saturated carbocycles. The molecule has 5 heteroatoms. The summed E-state index contributed by atoms with van der Waals surface area (Å²) in [5.74, 6) is 0.969. The molecule has 0 N–H and O–H groups in total. The van der Waals surface area contributed by atoms with Crippen molar-refractivity contribution in [2.45, 2.75) is 50.0 Å². The molecule has 0 bridgehead atoms. The standard InChI is InChI=1S/C27H32ClNO3/c28-24-11-9-23(10-12-24)27(13-5-14-27)19-29-15-4-8-22(17-29)25(32-26-18-30-20-31-26)16-21-6-2-1-3-7-21/h1-3,6-7,9-12,18,22,25H,4-5,8,13-17,19-20H2/t22-,25?/m0/s1. The molecule has 3 aliphatic rings. The highest BCUT2D eigenvalue weighted by molar-refractivity contribution is 6.30. The van der Waals surface area contributed by atoms with Crippen LogP contribution in [0, 0.1) is 5.92 Å². The molecule has 2 atom stereocenters. The fraction of sp³-hybridized carbons (Fsp3) is 0.481. The average molecular weight is 454 g/mol. The first kappa shape index (κ1) is 21.7. The summed E-state index contributed by atoms with van der Waals surface area (Å²) in [7, 11) is 0. The lowest BCUT2D eigenvalue weighted by atomic mass is 9.64. The Kier molecular flexibility index (Phi) is 6.61. The van der Waals surface area contributed by atoms with E-state index in [-0.39, 0.29) is 18.3 Å². The van der Waals surface area contributed by atoms with Crippen molar-refractivity contribution in [3.05, 3.63) is 83.0 Å². The molecule has 170 valence electrons. The van der Waals surface area contributed by atoms with Crippen molar-refractivity contribution in [2.24, 2.45) is 5.92 Å². The number of hydrogen-bond donors (Lipinski definition) is 0. The van der Waals surface area contributed by atoms with E-state index in [0.717, 1.165) is 31.1 Å². The van der Waals surface area contributed by atoms with Crippen molar-refractivity contribution in [1.82, 2.24) is 4.90 Å². The van der Waals surface area contributed by atoms with Gasteiger partial charge in [0.05, 0.1) is 0 Å². The van der Waals surface area contributed by atoms with Crippen LogP contribution in [-0.4, -0.2) is 37.4 Å². The van der Waals surface area contributed by atoms with Crippen LogP contribution in [0.2, 0.25) is 5.02 Å². The van der Waals surface area contributed by atoms with Crippen molar-refractivity contribution < 1.29 is 14.2 Å². The van der Waals surface area contributed by atoms with E-state index in [4.69, 9.17) is 25.8 Å². The molecule has 2 heterocycles. The van der Waals surface area contributed by atoms with Crippen molar-refractivity contribution in [2.75, 3.05) is 26.4 Å². The van der Waals surface area contributed by atoms with Gasteiger partial charge in [-0.15, -0.1) is 0 Å². The summed E-state index contributed by atoms with van der Waals surface area (Å²) in [6, 6.07) is 19.2. The van der Waals surface area contributed by atoms with E-state index >= 15 is 0 Å². The van der Waals surface area contributed by atoms with Gasteiger partial charge < -0.3 is 19.1 Å². The molecular weight excluding hydrogens is 422 g/mol. The van der Waals surface area contributed by atoms with E-state index in [1.807, 2.05) is 12.1 Å². The lowest BCUT2D eigenvalue weighted by Crippen LogP contribution is -2.50. The molecule has 0 aromatic heterocycles. The largest absolute Gasteiger partial charge is 0.459 e. The first-order valence-electron chi connectivity index (χ1n) is 11.8. The van der Waals surface area contributed by atoms with Gasteiger partial charge in [0, 0.05) is 35.9 Å². The van der Waals surface area contributed by atoms with Crippen LogP contribution in [-0.2, 0) is 26.0 Å². The fourth-order valence-electron chi connectivity index (χ4n) is 5.50. The molecule has 2 aliphatic heterocycles. The van der Waals surface area contributed by atoms with Gasteiger partial charge in [0.1, 0.15) is 6.10 Å². The van der Waals surface area contributed by atoms with Crippen LogP contribution in [0.3, 0.4) is 0 Å². The van der Waals surface area contributed by atoms with E-state index in [1.54, 1.807) is 6.26 Å². The summed E-state index contributed by atoms with van der Waals surface area (Å²) in [5, 5.41) is 0.814. The summed E-state index contributed by atoms with van der Waals surface area (Å²) >= 11 is 6.16. The maximum absolute atomic E-state index is 6.34. The molecule has 1 aliphatic carbocycles. The Balaban J connectivity index is 1.29. The van der Waals surface area contributed by atoms with E-state index < -0.39 is 0 Å². The maximum Gasteiger partial charge on any atom is 0.318 e. The highest BCUT2D eigenvalue weighted by atomic mass is 35.5. The number of piperidine rings is 1. The minimum absolute atomic E-state index is 0.0704. The second-order valence-electron chi connectivity index (χ2n) is 9.49. The highest BCUT2D eigenvalue weighted by Crippen LogP contribution is 2.45. The third-order valence-electron chi connectivity index (χ3n) is 7.36. The number of nitrogens with zero attached hydrogens (tertiary/aromatic N) is 1. The predicted octanol–water partition coefficient (Wildman–Crippen LogP) is 5.90. The molecule has 1 saturated heterocycles. The Morgan fingerprint density at radius 3 is 2.56 bits per heavy atom. The topological polar surface area (TPSA) is 30.9 Å². The Morgan fingerprint density at radius 2 is 1.88 bits per heavy atom. The minimum atomic E-state index is 0.0704. The van der Waals surface area contributed by atoms with Gasteiger partial charge in [-0.25, -0.2) is 0 Å². The van der Waals surface area contributed by atoms with Gasteiger partial charge in [-0.1, -0.05) is 60.5 Å². The van der Waals surface area contributed by atoms with Gasteiger partial charge in [-0.05, 0) is 55.5 Å². The quantitative estimate of drug-likeness (QED) is 0.497. The molecule has 1 unspecified atom stereocenters. The number of likely N-dealkylation sites (tertiary alicyclic amines) is 1. The Labute approximate surface area is 196 Å². The van der Waals surface area contributed by atoms with Crippen LogP contribution in [0.4, 0.5) is 0 Å². The molecular formula is C27H32ClNO3. The molecule has 5 rings (SSSR count). The Hall–Kier alpha value is -2.17. The molecule has 0 spiro atoms. The van der Waals surface area contributed by atoms with Crippen molar-refractivity contribution >= 4 is 11.6 Å². The maximum atomic E-state index is 6.34. The molecule has 0 radical (unpaired) electrons. The summed E-state index contributed by atoms with van der Waals surface area (Å²) < 4.78 is 17.1. The third kappa shape index (κ3) is 4.92. The second kappa shape index (κ2) is 9.76. The van der Waals surface area contributed by atoms with Crippen LogP contribution < -0.4 is 0 Å². The second-order valence-corrected chi connectivity index (χ2v) is 9.93. The van der Waals surface area contributed by atoms with Gasteiger partial charge in [0.25, 0.3) is 0 Å². The summed E-state index contributed by atoms with van der Waals surface area (Å²) in [5.41, 5.74) is 3.01. The smallest absolute Gasteiger partial charge is 0.318 e. The van der Waals surface area contributed by atoms with Gasteiger partial charge in [-0.3, -0.25) is 0 Å². The van der Waals surface area contributed by atoms with E-state index in [0.29, 0.717) is 11.9 Å². The van der Waals surface area contributed by atoms with Crippen molar-refractivity contribution in [3.63, 3.8) is 0 Å². The highest BCUT2D eigenvalue weighted by Gasteiger charge is 2.41. The number of halogens is 1. The average Bonchev–Trinajstić information content (AvgIpc) is 3.31. The zero-order valence-electron chi connectivity index (χ0n) is 18.5. The molecule has 32 heavy (non-hydrogen) atoms. The van der Waals surface area contributed by atoms with E-state index in [9.17, 15) is 0 Å². The molecule has 0 amide bonds. The summed E-state index contributed by atoms with van der Waals surface area (Å²) in [6.07, 6.45) is 8.76. The van der Waals surface area contributed by atoms with Crippen molar-refractivity contribution in [1.29, 1.82) is 0 Å². The van der Waals surface area contributed by atoms with Crippen LogP contribution in [0.15, 0.2) is 66.8 Å². The lowest BCUT2D eigenvalue weighted by Gasteiger charge is -2.48. The number of ether oxygens (including phenoxy) is 3. The third-order valence-corrected chi connectivity index (χ3v) is 7.61. The number of benzene rings is 2. The Bertz CT molecular complexity index is 910. The number of rotatable bonds is 8. The van der Waals surface area contributed by atoms with E-state index in [2.05, 4.69) is 47.4 Å². The monoisotopic (exact) mass is 453 g/mol. The van der Waals surface area contributed by atoms with Gasteiger partial charge in [0.2, 0.25) is 6.79 Å². The van der Waals surface area contributed by atoms with Crippen molar-refractivity contribution in [3.8, 4) is 0 Å². The van der Waals surface area contributed by atoms with E-state index in [1.165, 1.54) is 43.2 Å². The Morgan fingerprint density at radius 1 is 1.06 bits per heavy atom. The fourth-order valence-corrected chi connectivity index (χ4v) is 5.63. The molecule has 2 aromatic carbocycles. The van der Waals surface area contributed by atoms with Crippen LogP contribution in [0.5, 0.6) is 0 Å². The predicted molar refractivity (Wildman–Crippen MR) is 126 cm³/mol. The minimum Gasteiger partial charge on any atom is -0.459 e. The SMILES string of the molecule is Clc1ccc(C2(CN3CCC[C@H](C(Cc4ccccc4)OC4=COCO4)C3)CCC2)cc1. The van der Waals surface area contributed by atoms with Gasteiger partial charge in [0.15, 0.2) is 6.26 Å². The first-order valence-corrected chi connectivity index (χ1v) is 12.2. The summed E-state index contributed by atoms with van der Waals surface area (Å²) in [4.78, 5) is 2.67. The zero-order chi connectivity index (χ0) is 21.8. The van der Waals surface area contributed by atoms with Gasteiger partial charge >= 0.3 is 5.95 Å². The van der Waals surface area contributed by atoms with Gasteiger partial charge in [-0.2, -0.15) is 0 Å². The molecule has 4 nitrogen and oxygen atoms in total. The molecule has 2 aromatic rings. The number of hydrogen-bond acceptors (Lipinski definition) is 4. The van der Waals surface area contributed by atoms with Crippen LogP contribution in [0.25, 0.3) is 0 Å². The lowest BCUT2D eigenvalue weighted by molar-refractivity contribution is -0.0532.